The fraction of sp³-hybridized carbons (Fsp3) is 0.875. The van der Waals surface area contributed by atoms with Gasteiger partial charge in [-0.05, 0) is 31.6 Å². The Hall–Kier alpha value is -1.47. The van der Waals surface area contributed by atoms with E-state index in [2.05, 4.69) is 0 Å². The minimum atomic E-state index is -4.18. The molecule has 1 aliphatic heterocycles. The summed E-state index contributed by atoms with van der Waals surface area (Å²) < 4.78 is 38.3. The minimum Gasteiger partial charge on any atom is -0.465 e. The summed E-state index contributed by atoms with van der Waals surface area (Å²) in [4.78, 5) is 26.9. The first-order valence-corrected chi connectivity index (χ1v) is 8.46. The van der Waals surface area contributed by atoms with Gasteiger partial charge in [0.15, 0.2) is 0 Å². The van der Waals surface area contributed by atoms with Crippen molar-refractivity contribution in [3.05, 3.63) is 0 Å². The zero-order valence-electron chi connectivity index (χ0n) is 14.1. The Morgan fingerprint density at radius 1 is 1.08 bits per heavy atom. The number of alkyl halides is 3. The van der Waals surface area contributed by atoms with Crippen molar-refractivity contribution < 1.29 is 27.9 Å². The molecule has 0 aromatic carbocycles. The molecule has 1 saturated heterocycles. The molecule has 0 aromatic rings. The third-order valence-corrected chi connectivity index (χ3v) is 5.28. The van der Waals surface area contributed by atoms with Gasteiger partial charge < -0.3 is 14.9 Å². The number of piperazine rings is 1. The fourth-order valence-electron chi connectivity index (χ4n) is 3.73. The molecule has 8 heteroatoms. The Bertz CT molecular complexity index is 474. The number of hydrogen-bond acceptors (Lipinski definition) is 2. The van der Waals surface area contributed by atoms with Crippen molar-refractivity contribution in [1.29, 1.82) is 0 Å². The zero-order chi connectivity index (χ0) is 18.1. The van der Waals surface area contributed by atoms with Crippen LogP contribution in [-0.2, 0) is 4.79 Å². The van der Waals surface area contributed by atoms with Crippen LogP contribution in [-0.4, -0.2) is 58.8 Å². The summed E-state index contributed by atoms with van der Waals surface area (Å²) in [5, 5.41) is 9.13. The van der Waals surface area contributed by atoms with Gasteiger partial charge in [0.25, 0.3) is 0 Å². The van der Waals surface area contributed by atoms with E-state index in [1.807, 2.05) is 13.8 Å². The maximum Gasteiger partial charge on any atom is 0.407 e. The second-order valence-corrected chi connectivity index (χ2v) is 7.16. The molecule has 2 rings (SSSR count). The lowest BCUT2D eigenvalue weighted by molar-refractivity contribution is -0.185. The number of nitrogens with zero attached hydrogens (tertiary/aromatic N) is 2. The molecule has 0 bridgehead atoms. The van der Waals surface area contributed by atoms with Crippen LogP contribution in [0.3, 0.4) is 0 Å². The van der Waals surface area contributed by atoms with E-state index in [-0.39, 0.29) is 62.6 Å². The van der Waals surface area contributed by atoms with Gasteiger partial charge in [0, 0.05) is 25.6 Å². The lowest BCUT2D eigenvalue weighted by Crippen LogP contribution is -2.59. The number of hydrogen-bond donors (Lipinski definition) is 1. The number of amides is 2. The second-order valence-electron chi connectivity index (χ2n) is 7.16. The van der Waals surface area contributed by atoms with Crippen molar-refractivity contribution in [2.45, 2.75) is 51.7 Å². The summed E-state index contributed by atoms with van der Waals surface area (Å²) in [6, 6.07) is -0.220. The van der Waals surface area contributed by atoms with Crippen molar-refractivity contribution in [3.8, 4) is 0 Å². The molecule has 24 heavy (non-hydrogen) atoms. The first-order valence-electron chi connectivity index (χ1n) is 8.46. The molecular weight excluding hydrogens is 325 g/mol. The highest BCUT2D eigenvalue weighted by Gasteiger charge is 2.44. The highest BCUT2D eigenvalue weighted by atomic mass is 19.4. The summed E-state index contributed by atoms with van der Waals surface area (Å²) in [6.07, 6.45) is -4.66. The normalized spacial score (nSPS) is 29.0. The predicted octanol–water partition coefficient (Wildman–Crippen LogP) is 3.20. The van der Waals surface area contributed by atoms with E-state index in [9.17, 15) is 22.8 Å². The number of carboxylic acid groups (broad SMARTS) is 1. The van der Waals surface area contributed by atoms with Gasteiger partial charge in [-0.25, -0.2) is 4.79 Å². The van der Waals surface area contributed by atoms with Crippen molar-refractivity contribution >= 4 is 12.0 Å². The van der Waals surface area contributed by atoms with E-state index < -0.39 is 18.2 Å². The molecule has 2 aliphatic rings. The molecule has 2 amide bonds. The van der Waals surface area contributed by atoms with Crippen LogP contribution in [0.5, 0.6) is 0 Å². The average Bonchev–Trinajstić information content (AvgIpc) is 2.52. The maximum absolute atomic E-state index is 12.8. The Labute approximate surface area is 139 Å². The number of halogens is 3. The van der Waals surface area contributed by atoms with Crippen LogP contribution < -0.4 is 0 Å². The monoisotopic (exact) mass is 350 g/mol. The first-order chi connectivity index (χ1) is 11.1. The van der Waals surface area contributed by atoms with Gasteiger partial charge in [0.2, 0.25) is 5.91 Å². The summed E-state index contributed by atoms with van der Waals surface area (Å²) in [7, 11) is 0. The van der Waals surface area contributed by atoms with Crippen LogP contribution in [0.15, 0.2) is 0 Å². The van der Waals surface area contributed by atoms with Gasteiger partial charge in [0.1, 0.15) is 0 Å². The molecule has 0 spiro atoms. The molecule has 1 aliphatic carbocycles. The van der Waals surface area contributed by atoms with Gasteiger partial charge in [-0.3, -0.25) is 4.79 Å². The van der Waals surface area contributed by atoms with Crippen LogP contribution in [0.1, 0.15) is 39.5 Å². The summed E-state index contributed by atoms with van der Waals surface area (Å²) in [5.74, 6) is -1.70. The van der Waals surface area contributed by atoms with E-state index in [0.29, 0.717) is 6.54 Å². The third-order valence-electron chi connectivity index (χ3n) is 5.28. The topological polar surface area (TPSA) is 60.9 Å². The molecule has 2 fully saturated rings. The minimum absolute atomic E-state index is 0.00133. The van der Waals surface area contributed by atoms with Crippen molar-refractivity contribution in [3.63, 3.8) is 0 Å². The molecule has 1 atom stereocenters. The molecule has 1 N–H and O–H groups in total. The lowest BCUT2D eigenvalue weighted by Gasteiger charge is -2.44. The zero-order valence-corrected chi connectivity index (χ0v) is 14.1. The Balaban J connectivity index is 2.00. The molecule has 1 saturated carbocycles. The summed E-state index contributed by atoms with van der Waals surface area (Å²) >= 11 is 0. The van der Waals surface area contributed by atoms with Crippen LogP contribution in [0, 0.1) is 17.8 Å². The summed E-state index contributed by atoms with van der Waals surface area (Å²) in [5.41, 5.74) is 0. The van der Waals surface area contributed by atoms with Crippen LogP contribution in [0.4, 0.5) is 18.0 Å². The predicted molar refractivity (Wildman–Crippen MR) is 81.4 cm³/mol. The van der Waals surface area contributed by atoms with E-state index in [4.69, 9.17) is 5.11 Å². The smallest absolute Gasteiger partial charge is 0.407 e. The van der Waals surface area contributed by atoms with Gasteiger partial charge in [-0.15, -0.1) is 0 Å². The summed E-state index contributed by atoms with van der Waals surface area (Å²) in [6.45, 7) is 4.68. The van der Waals surface area contributed by atoms with Gasteiger partial charge in [-0.2, -0.15) is 13.2 Å². The van der Waals surface area contributed by atoms with E-state index in [0.717, 1.165) is 0 Å². The molecule has 0 radical (unpaired) electrons. The maximum atomic E-state index is 12.8. The third kappa shape index (κ3) is 4.13. The van der Waals surface area contributed by atoms with E-state index >= 15 is 0 Å². The molecular formula is C16H25F3N2O3. The van der Waals surface area contributed by atoms with Crippen LogP contribution in [0.2, 0.25) is 0 Å². The fourth-order valence-corrected chi connectivity index (χ4v) is 3.73. The highest BCUT2D eigenvalue weighted by Crippen LogP contribution is 2.40. The Morgan fingerprint density at radius 2 is 1.67 bits per heavy atom. The van der Waals surface area contributed by atoms with Crippen LogP contribution >= 0.6 is 0 Å². The van der Waals surface area contributed by atoms with Crippen molar-refractivity contribution in [1.82, 2.24) is 9.80 Å². The van der Waals surface area contributed by atoms with E-state index in [1.54, 1.807) is 4.90 Å². The lowest BCUT2D eigenvalue weighted by atomic mass is 9.80. The van der Waals surface area contributed by atoms with Gasteiger partial charge >= 0.3 is 12.3 Å². The molecule has 5 nitrogen and oxygen atoms in total. The molecule has 1 heterocycles. The first kappa shape index (κ1) is 18.9. The standard InChI is InChI=1S/C16H25F3N2O3/c1-10(2)13-9-20(15(23)24)7-8-21(13)14(22)11-3-5-12(6-4-11)16(17,18)19/h10-13H,3-9H2,1-2H3,(H,23,24)/t11-,12+,13?. The number of carbonyl (C=O) groups excluding carboxylic acids is 1. The largest absolute Gasteiger partial charge is 0.465 e. The quantitative estimate of drug-likeness (QED) is 0.832. The van der Waals surface area contributed by atoms with E-state index in [1.165, 1.54) is 4.90 Å². The SMILES string of the molecule is CC(C)C1CN(C(=O)O)CCN1C(=O)[C@H]1CC[C@@H](C(F)(F)F)CC1. The number of rotatable bonds is 2. The highest BCUT2D eigenvalue weighted by molar-refractivity contribution is 5.79. The molecule has 138 valence electrons. The van der Waals surface area contributed by atoms with Crippen molar-refractivity contribution in [2.24, 2.45) is 17.8 Å². The van der Waals surface area contributed by atoms with Crippen molar-refractivity contribution in [2.75, 3.05) is 19.6 Å². The molecule has 0 aromatic heterocycles. The Kier molecular flexibility index (Phi) is 5.65. The average molecular weight is 350 g/mol. The van der Waals surface area contributed by atoms with Gasteiger partial charge in [-0.1, -0.05) is 13.8 Å². The van der Waals surface area contributed by atoms with Crippen LogP contribution in [0.25, 0.3) is 0 Å². The second kappa shape index (κ2) is 7.19. The Morgan fingerprint density at radius 3 is 2.12 bits per heavy atom. The number of carbonyl (C=O) groups is 2. The molecule has 1 unspecified atom stereocenters. The van der Waals surface area contributed by atoms with Gasteiger partial charge in [0.05, 0.1) is 12.0 Å².